The van der Waals surface area contributed by atoms with E-state index >= 15 is 4.39 Å². The highest BCUT2D eigenvalue weighted by Crippen LogP contribution is 2.40. The van der Waals surface area contributed by atoms with Crippen LogP contribution < -0.4 is 20.7 Å². The van der Waals surface area contributed by atoms with Crippen molar-refractivity contribution in [3.05, 3.63) is 46.0 Å². The smallest absolute Gasteiger partial charge is 0.272 e. The van der Waals surface area contributed by atoms with Crippen molar-refractivity contribution in [1.82, 2.24) is 20.9 Å². The van der Waals surface area contributed by atoms with Gasteiger partial charge in [-0.15, -0.1) is 0 Å². The van der Waals surface area contributed by atoms with Crippen molar-refractivity contribution in [1.29, 1.82) is 0 Å². The Morgan fingerprint density at radius 3 is 2.59 bits per heavy atom. The van der Waals surface area contributed by atoms with Crippen LogP contribution in [0, 0.1) is 5.82 Å². The van der Waals surface area contributed by atoms with E-state index in [0.717, 1.165) is 6.07 Å². The van der Waals surface area contributed by atoms with Gasteiger partial charge in [-0.2, -0.15) is 0 Å². The number of aromatic nitrogens is 1. The zero-order valence-electron chi connectivity index (χ0n) is 19.5. The molecule has 2 atom stereocenters. The molecule has 0 spiro atoms. The molecule has 198 valence electrons. The van der Waals surface area contributed by atoms with Crippen LogP contribution in [0.3, 0.4) is 0 Å². The van der Waals surface area contributed by atoms with Crippen LogP contribution in [0.2, 0.25) is 10.0 Å². The molecule has 2 aliphatic rings. The Morgan fingerprint density at radius 2 is 2.00 bits per heavy atom. The van der Waals surface area contributed by atoms with E-state index in [4.69, 9.17) is 27.9 Å². The van der Waals surface area contributed by atoms with Gasteiger partial charge in [-0.1, -0.05) is 23.2 Å². The van der Waals surface area contributed by atoms with E-state index in [1.165, 1.54) is 25.3 Å². The average molecular weight is 559 g/mol. The summed E-state index contributed by atoms with van der Waals surface area (Å²) >= 11 is 12.2. The standard InChI is InChI=1S/C24H23Cl2F3N4O4/c1-11(31-23(36)24(4-5-24)33-22(35)17-2-3-19(34)32-17)20-16(27)6-12(9-30-20)14-7-13(25)8-15(26)21(14)37-10-18(28)29/h6-9,11,17-18H,2-5,10H2,1H3,(H,31,36)(H,32,34)(H,33,35)/t11-,17+/m1/s1. The highest BCUT2D eigenvalue weighted by molar-refractivity contribution is 6.36. The first-order valence-electron chi connectivity index (χ1n) is 11.5. The maximum Gasteiger partial charge on any atom is 0.272 e. The Morgan fingerprint density at radius 1 is 1.27 bits per heavy atom. The predicted octanol–water partition coefficient (Wildman–Crippen LogP) is 3.94. The molecule has 8 nitrogen and oxygen atoms in total. The highest BCUT2D eigenvalue weighted by atomic mass is 35.5. The van der Waals surface area contributed by atoms with Gasteiger partial charge in [0, 0.05) is 28.8 Å². The molecular formula is C24H23Cl2F3N4O4. The van der Waals surface area contributed by atoms with Gasteiger partial charge in [0.2, 0.25) is 17.7 Å². The number of halogens is 5. The fourth-order valence-corrected chi connectivity index (χ4v) is 4.60. The number of hydrogen-bond donors (Lipinski definition) is 3. The van der Waals surface area contributed by atoms with Gasteiger partial charge in [0.1, 0.15) is 29.8 Å². The Labute approximate surface area is 220 Å². The summed E-state index contributed by atoms with van der Waals surface area (Å²) in [5.74, 6) is -2.02. The van der Waals surface area contributed by atoms with Crippen LogP contribution in [0.1, 0.15) is 44.3 Å². The van der Waals surface area contributed by atoms with Crippen LogP contribution in [0.4, 0.5) is 13.2 Å². The number of carbonyl (C=O) groups is 3. The Hall–Kier alpha value is -3.05. The molecule has 4 rings (SSSR count). The van der Waals surface area contributed by atoms with Crippen LogP contribution in [-0.4, -0.2) is 47.3 Å². The number of carbonyl (C=O) groups excluding carboxylic acids is 3. The lowest BCUT2D eigenvalue weighted by Crippen LogP contribution is -2.53. The summed E-state index contributed by atoms with van der Waals surface area (Å²) in [6.07, 6.45) is -0.0510. The van der Waals surface area contributed by atoms with Crippen LogP contribution in [0.25, 0.3) is 11.1 Å². The number of pyridine rings is 1. The summed E-state index contributed by atoms with van der Waals surface area (Å²) in [5, 5.41) is 8.08. The molecule has 0 radical (unpaired) electrons. The summed E-state index contributed by atoms with van der Waals surface area (Å²) in [7, 11) is 0. The molecule has 3 N–H and O–H groups in total. The molecule has 0 unspecified atom stereocenters. The van der Waals surface area contributed by atoms with Gasteiger partial charge in [-0.3, -0.25) is 19.4 Å². The van der Waals surface area contributed by atoms with Crippen molar-refractivity contribution in [2.75, 3.05) is 6.61 Å². The fourth-order valence-electron chi connectivity index (χ4n) is 4.05. The molecule has 2 heterocycles. The van der Waals surface area contributed by atoms with Crippen molar-refractivity contribution in [3.8, 4) is 16.9 Å². The quantitative estimate of drug-likeness (QED) is 0.432. The second kappa shape index (κ2) is 10.7. The summed E-state index contributed by atoms with van der Waals surface area (Å²) < 4.78 is 45.6. The molecule has 1 aromatic carbocycles. The first-order chi connectivity index (χ1) is 17.5. The molecule has 2 aromatic rings. The van der Waals surface area contributed by atoms with Crippen LogP contribution in [0.15, 0.2) is 24.4 Å². The van der Waals surface area contributed by atoms with Crippen LogP contribution >= 0.6 is 23.2 Å². The van der Waals surface area contributed by atoms with E-state index < -0.39 is 48.3 Å². The molecule has 1 saturated carbocycles. The SMILES string of the molecule is C[C@@H](NC(=O)C1(NC(=O)[C@@H]2CCC(=O)N2)CC1)c1ncc(-c2cc(Cl)cc(Cl)c2OCC(F)F)cc1F. The van der Waals surface area contributed by atoms with Crippen LogP contribution in [0.5, 0.6) is 5.75 Å². The maximum absolute atomic E-state index is 15.1. The summed E-state index contributed by atoms with van der Waals surface area (Å²) in [6.45, 7) is 0.613. The van der Waals surface area contributed by atoms with Crippen molar-refractivity contribution >= 4 is 40.9 Å². The summed E-state index contributed by atoms with van der Waals surface area (Å²) in [6, 6.07) is 2.27. The monoisotopic (exact) mass is 558 g/mol. The molecule has 37 heavy (non-hydrogen) atoms. The van der Waals surface area contributed by atoms with E-state index in [1.807, 2.05) is 0 Å². The second-order valence-corrected chi connectivity index (χ2v) is 9.83. The molecule has 1 aromatic heterocycles. The van der Waals surface area contributed by atoms with Crippen molar-refractivity contribution in [3.63, 3.8) is 0 Å². The van der Waals surface area contributed by atoms with E-state index in [1.54, 1.807) is 0 Å². The van der Waals surface area contributed by atoms with Crippen molar-refractivity contribution in [2.24, 2.45) is 0 Å². The number of rotatable bonds is 9. The topological polar surface area (TPSA) is 109 Å². The fraction of sp³-hybridized carbons (Fsp3) is 0.417. The maximum atomic E-state index is 15.1. The molecular weight excluding hydrogens is 536 g/mol. The molecule has 1 aliphatic heterocycles. The van der Waals surface area contributed by atoms with Gasteiger partial charge in [-0.05, 0) is 44.4 Å². The average Bonchev–Trinajstić information content (AvgIpc) is 3.48. The van der Waals surface area contributed by atoms with Gasteiger partial charge in [0.15, 0.2) is 0 Å². The Balaban J connectivity index is 1.48. The van der Waals surface area contributed by atoms with E-state index in [-0.39, 0.29) is 44.9 Å². The van der Waals surface area contributed by atoms with E-state index in [9.17, 15) is 23.2 Å². The number of nitrogens with one attached hydrogen (secondary N) is 3. The number of hydrogen-bond acceptors (Lipinski definition) is 5. The third kappa shape index (κ3) is 6.10. The molecule has 13 heteroatoms. The van der Waals surface area contributed by atoms with Gasteiger partial charge < -0.3 is 20.7 Å². The first kappa shape index (κ1) is 27.0. The molecule has 2 fully saturated rings. The molecule has 1 saturated heterocycles. The Bertz CT molecular complexity index is 1240. The van der Waals surface area contributed by atoms with Gasteiger partial charge >= 0.3 is 0 Å². The number of benzene rings is 1. The van der Waals surface area contributed by atoms with Crippen molar-refractivity contribution in [2.45, 2.75) is 56.7 Å². The minimum Gasteiger partial charge on any atom is -0.485 e. The largest absolute Gasteiger partial charge is 0.485 e. The first-order valence-corrected chi connectivity index (χ1v) is 12.2. The summed E-state index contributed by atoms with van der Waals surface area (Å²) in [4.78, 5) is 40.8. The number of alkyl halides is 2. The minimum absolute atomic E-state index is 0.0257. The third-order valence-electron chi connectivity index (χ3n) is 6.16. The lowest BCUT2D eigenvalue weighted by Gasteiger charge is -2.22. The van der Waals surface area contributed by atoms with Gasteiger partial charge in [-0.25, -0.2) is 13.2 Å². The zero-order valence-corrected chi connectivity index (χ0v) is 21.1. The van der Waals surface area contributed by atoms with Gasteiger partial charge in [0.05, 0.1) is 16.8 Å². The molecule has 3 amide bonds. The lowest BCUT2D eigenvalue weighted by molar-refractivity contribution is -0.131. The number of nitrogens with zero attached hydrogens (tertiary/aromatic N) is 1. The van der Waals surface area contributed by atoms with E-state index in [2.05, 4.69) is 20.9 Å². The van der Waals surface area contributed by atoms with Crippen molar-refractivity contribution < 1.29 is 32.3 Å². The predicted molar refractivity (Wildman–Crippen MR) is 129 cm³/mol. The second-order valence-electron chi connectivity index (χ2n) is 8.98. The number of amides is 3. The van der Waals surface area contributed by atoms with E-state index in [0.29, 0.717) is 19.3 Å². The Kier molecular flexibility index (Phi) is 7.84. The molecule has 0 bridgehead atoms. The van der Waals surface area contributed by atoms with Crippen LogP contribution in [-0.2, 0) is 14.4 Å². The lowest BCUT2D eigenvalue weighted by atomic mass is 10.0. The minimum atomic E-state index is -2.75. The number of ether oxygens (including phenoxy) is 1. The zero-order chi connectivity index (χ0) is 26.9. The normalized spacial score (nSPS) is 18.8. The highest BCUT2D eigenvalue weighted by Gasteiger charge is 2.52. The van der Waals surface area contributed by atoms with Gasteiger partial charge in [0.25, 0.3) is 6.43 Å². The molecule has 1 aliphatic carbocycles. The summed E-state index contributed by atoms with van der Waals surface area (Å²) in [5.41, 5.74) is -0.848. The third-order valence-corrected chi connectivity index (χ3v) is 6.66.